The number of methoxy groups -OCH3 is 1. The highest BCUT2D eigenvalue weighted by Crippen LogP contribution is 2.66. The molecule has 232 valence electrons. The van der Waals surface area contributed by atoms with Gasteiger partial charge < -0.3 is 19.5 Å². The van der Waals surface area contributed by atoms with Crippen molar-refractivity contribution in [3.05, 3.63) is 17.2 Å². The molecule has 1 aromatic rings. The highest BCUT2D eigenvalue weighted by molar-refractivity contribution is 5.77. The highest BCUT2D eigenvalue weighted by atomic mass is 16.5. The van der Waals surface area contributed by atoms with Gasteiger partial charge in [0.2, 0.25) is 5.91 Å². The number of phenolic OH excluding ortho intramolecular Hbond substituents is 1. The van der Waals surface area contributed by atoms with Crippen molar-refractivity contribution in [3.63, 3.8) is 0 Å². The SMILES string of the molecule is CCCCN(C(=O)CCCCC1CCCCC1)[C@H]1CC[C@H]2[C@H]3Cc4c(O)cc(OC)c5c4[C@@]2(CCN3CC2CC2)[C@H]1O5. The molecule has 6 heteroatoms. The summed E-state index contributed by atoms with van der Waals surface area (Å²) < 4.78 is 12.9. The first-order valence-corrected chi connectivity index (χ1v) is 17.7. The minimum atomic E-state index is -0.145. The number of carbonyl (C=O) groups excluding carboxylic acids is 1. The molecule has 1 amide bonds. The average Bonchev–Trinajstić information content (AvgIpc) is 3.76. The third-order valence-corrected chi connectivity index (χ3v) is 12.4. The monoisotopic (exact) mass is 578 g/mol. The number of phenols is 1. The Morgan fingerprint density at radius 3 is 2.69 bits per heavy atom. The largest absolute Gasteiger partial charge is 0.508 e. The molecule has 1 aromatic carbocycles. The van der Waals surface area contributed by atoms with Crippen LogP contribution in [0.4, 0.5) is 0 Å². The van der Waals surface area contributed by atoms with Crippen LogP contribution < -0.4 is 9.47 Å². The fourth-order valence-electron chi connectivity index (χ4n) is 10.1. The first-order chi connectivity index (χ1) is 20.5. The number of ether oxygens (including phenoxy) is 2. The van der Waals surface area contributed by atoms with Crippen molar-refractivity contribution in [2.45, 2.75) is 140 Å². The summed E-state index contributed by atoms with van der Waals surface area (Å²) in [5, 5.41) is 11.3. The maximum absolute atomic E-state index is 14.0. The molecule has 1 saturated heterocycles. The van der Waals surface area contributed by atoms with Crippen molar-refractivity contribution in [1.82, 2.24) is 9.80 Å². The van der Waals surface area contributed by atoms with Crippen molar-refractivity contribution < 1.29 is 19.4 Å². The molecule has 42 heavy (non-hydrogen) atoms. The van der Waals surface area contributed by atoms with E-state index in [9.17, 15) is 9.90 Å². The van der Waals surface area contributed by atoms with Crippen molar-refractivity contribution in [3.8, 4) is 17.2 Å². The summed E-state index contributed by atoms with van der Waals surface area (Å²) in [5.74, 6) is 4.45. The van der Waals surface area contributed by atoms with Crippen LogP contribution in [-0.4, -0.2) is 65.7 Å². The quantitative estimate of drug-likeness (QED) is 0.271. The topological polar surface area (TPSA) is 62.2 Å². The van der Waals surface area contributed by atoms with Gasteiger partial charge in [-0.15, -0.1) is 0 Å². The summed E-state index contributed by atoms with van der Waals surface area (Å²) in [4.78, 5) is 19.1. The molecule has 2 aliphatic heterocycles. The van der Waals surface area contributed by atoms with Crippen LogP contribution in [0.25, 0.3) is 0 Å². The molecule has 7 rings (SSSR count). The average molecular weight is 579 g/mol. The van der Waals surface area contributed by atoms with Gasteiger partial charge in [-0.1, -0.05) is 58.3 Å². The summed E-state index contributed by atoms with van der Waals surface area (Å²) in [6.45, 7) is 5.34. The van der Waals surface area contributed by atoms with Gasteiger partial charge in [0.1, 0.15) is 11.9 Å². The summed E-state index contributed by atoms with van der Waals surface area (Å²) in [6, 6.07) is 2.31. The van der Waals surface area contributed by atoms with Crippen LogP contribution in [0.2, 0.25) is 0 Å². The molecule has 5 atom stereocenters. The molecule has 6 nitrogen and oxygen atoms in total. The zero-order valence-electron chi connectivity index (χ0n) is 26.2. The van der Waals surface area contributed by atoms with Gasteiger partial charge in [0, 0.05) is 48.2 Å². The molecule has 3 saturated carbocycles. The number of nitrogens with zero attached hydrogens (tertiary/aromatic N) is 2. The summed E-state index contributed by atoms with van der Waals surface area (Å²) in [5.41, 5.74) is 2.18. The Morgan fingerprint density at radius 2 is 1.93 bits per heavy atom. The van der Waals surface area contributed by atoms with E-state index in [4.69, 9.17) is 9.47 Å². The van der Waals surface area contributed by atoms with Crippen LogP contribution in [0.3, 0.4) is 0 Å². The van der Waals surface area contributed by atoms with Crippen LogP contribution in [0, 0.1) is 17.8 Å². The molecule has 4 fully saturated rings. The van der Waals surface area contributed by atoms with E-state index in [1.54, 1.807) is 13.2 Å². The van der Waals surface area contributed by atoms with E-state index in [0.717, 1.165) is 81.2 Å². The second-order valence-electron chi connectivity index (χ2n) is 14.8. The van der Waals surface area contributed by atoms with E-state index in [0.29, 0.717) is 35.8 Å². The molecule has 6 aliphatic rings. The number of piperidine rings is 1. The fourth-order valence-corrected chi connectivity index (χ4v) is 10.1. The molecule has 2 bridgehead atoms. The van der Waals surface area contributed by atoms with E-state index >= 15 is 0 Å². The van der Waals surface area contributed by atoms with Crippen LogP contribution in [-0.2, 0) is 16.6 Å². The minimum absolute atomic E-state index is 0.0605. The highest BCUT2D eigenvalue weighted by Gasteiger charge is 2.67. The molecule has 1 spiro atoms. The van der Waals surface area contributed by atoms with Crippen LogP contribution in [0.5, 0.6) is 17.2 Å². The zero-order valence-corrected chi connectivity index (χ0v) is 26.2. The van der Waals surface area contributed by atoms with E-state index in [1.807, 2.05) is 0 Å². The van der Waals surface area contributed by atoms with Crippen molar-refractivity contribution in [1.29, 1.82) is 0 Å². The first-order valence-electron chi connectivity index (χ1n) is 17.7. The van der Waals surface area contributed by atoms with Crippen molar-refractivity contribution >= 4 is 5.91 Å². The summed E-state index contributed by atoms with van der Waals surface area (Å²) >= 11 is 0. The molecule has 1 N–H and O–H groups in total. The second kappa shape index (κ2) is 11.9. The van der Waals surface area contributed by atoms with Gasteiger partial charge in [-0.3, -0.25) is 9.69 Å². The number of hydrogen-bond acceptors (Lipinski definition) is 5. The number of likely N-dealkylation sites (tertiary alicyclic amines) is 1. The third kappa shape index (κ3) is 4.92. The molecular formula is C36H54N2O4. The van der Waals surface area contributed by atoms with E-state index in [1.165, 1.54) is 69.9 Å². The van der Waals surface area contributed by atoms with Gasteiger partial charge in [-0.25, -0.2) is 0 Å². The fraction of sp³-hybridized carbons (Fsp3) is 0.806. The van der Waals surface area contributed by atoms with Crippen LogP contribution in [0.15, 0.2) is 6.07 Å². The predicted octanol–water partition coefficient (Wildman–Crippen LogP) is 6.99. The van der Waals surface area contributed by atoms with Gasteiger partial charge in [-0.05, 0) is 75.7 Å². The second-order valence-corrected chi connectivity index (χ2v) is 14.8. The number of amides is 1. The lowest BCUT2D eigenvalue weighted by Gasteiger charge is -2.60. The lowest BCUT2D eigenvalue weighted by atomic mass is 9.50. The number of aromatic hydroxyl groups is 1. The maximum atomic E-state index is 14.0. The smallest absolute Gasteiger partial charge is 0.222 e. The van der Waals surface area contributed by atoms with Gasteiger partial charge in [0.15, 0.2) is 11.5 Å². The maximum Gasteiger partial charge on any atom is 0.222 e. The third-order valence-electron chi connectivity index (χ3n) is 12.4. The molecule has 0 radical (unpaired) electrons. The molecule has 0 aromatic heterocycles. The number of rotatable bonds is 12. The Labute approximate surface area is 253 Å². The molecule has 0 unspecified atom stereocenters. The van der Waals surface area contributed by atoms with E-state index < -0.39 is 0 Å². The standard InChI is InChI=1S/C36H54N2O4/c1-3-4-19-38(32(40)13-9-8-12-24-10-6-5-7-11-24)28-17-16-27-29-21-26-30(39)22-31(41-2)34-33(26)36(27,35(28)42-34)18-20-37(29)23-25-14-15-25/h22,24-25,27-29,35,39H,3-21,23H2,1-2H3/t27-,28-,29+,35-,36-/m0/s1. The Bertz CT molecular complexity index is 1140. The first kappa shape index (κ1) is 28.8. The predicted molar refractivity (Wildman–Crippen MR) is 165 cm³/mol. The number of hydrogen-bond donors (Lipinski definition) is 1. The molecular weight excluding hydrogens is 524 g/mol. The van der Waals surface area contributed by atoms with E-state index in [2.05, 4.69) is 16.7 Å². The Kier molecular flexibility index (Phi) is 8.13. The van der Waals surface area contributed by atoms with Gasteiger partial charge >= 0.3 is 0 Å². The summed E-state index contributed by atoms with van der Waals surface area (Å²) in [6.07, 6.45) is 20.0. The number of carbonyl (C=O) groups is 1. The molecule has 2 heterocycles. The number of benzene rings is 1. The Balaban J connectivity index is 1.16. The van der Waals surface area contributed by atoms with Crippen LogP contribution in [0.1, 0.15) is 121 Å². The van der Waals surface area contributed by atoms with Crippen LogP contribution >= 0.6 is 0 Å². The van der Waals surface area contributed by atoms with E-state index in [-0.39, 0.29) is 17.6 Å². The molecule has 4 aliphatic carbocycles. The van der Waals surface area contributed by atoms with Crippen molar-refractivity contribution in [2.24, 2.45) is 17.8 Å². The van der Waals surface area contributed by atoms with Gasteiger partial charge in [-0.2, -0.15) is 0 Å². The minimum Gasteiger partial charge on any atom is -0.508 e. The van der Waals surface area contributed by atoms with Gasteiger partial charge in [0.05, 0.1) is 13.2 Å². The normalized spacial score (nSPS) is 31.9. The zero-order chi connectivity index (χ0) is 28.8. The van der Waals surface area contributed by atoms with Crippen molar-refractivity contribution in [2.75, 3.05) is 26.7 Å². The Morgan fingerprint density at radius 1 is 1.10 bits per heavy atom. The lowest BCUT2D eigenvalue weighted by Crippen LogP contribution is -2.69. The summed E-state index contributed by atoms with van der Waals surface area (Å²) in [7, 11) is 1.68. The lowest BCUT2D eigenvalue weighted by molar-refractivity contribution is -0.143. The Hall–Kier alpha value is -1.95. The number of unbranched alkanes of at least 4 members (excludes halogenated alkanes) is 2. The van der Waals surface area contributed by atoms with Gasteiger partial charge in [0.25, 0.3) is 0 Å².